The lowest BCUT2D eigenvalue weighted by atomic mass is 9.98. The molecule has 0 aromatic heterocycles. The first-order valence-corrected chi connectivity index (χ1v) is 17.9. The number of allylic oxidation sites excluding steroid dienone is 7. The van der Waals surface area contributed by atoms with Gasteiger partial charge in [-0.25, -0.2) is 26.3 Å². The molecule has 0 saturated carbocycles. The Morgan fingerprint density at radius 1 is 0.704 bits per heavy atom. The largest absolute Gasteiger partial charge is 0.462 e. The monoisotopic (exact) mass is 739 g/mol. The molecule has 54 heavy (non-hydrogen) atoms. The van der Waals surface area contributed by atoms with Gasteiger partial charge in [-0.05, 0) is 89.2 Å². The smallest absolute Gasteiger partial charge is 0.144 e. The van der Waals surface area contributed by atoms with Crippen LogP contribution in [0, 0.1) is 34.6 Å². The Bertz CT molecular complexity index is 2100. The van der Waals surface area contributed by atoms with Crippen LogP contribution < -0.4 is 4.74 Å². The summed E-state index contributed by atoms with van der Waals surface area (Å²) in [5.41, 5.74) is 0.841. The molecule has 0 heterocycles. The van der Waals surface area contributed by atoms with E-state index in [-0.39, 0.29) is 29.2 Å². The van der Waals surface area contributed by atoms with Crippen LogP contribution in [-0.2, 0) is 11.2 Å². The van der Waals surface area contributed by atoms with E-state index in [9.17, 15) is 22.4 Å². The quantitative estimate of drug-likeness (QED) is 0.0615. The summed E-state index contributed by atoms with van der Waals surface area (Å²) in [5.74, 6) is -3.75. The number of hydrogen-bond acceptors (Lipinski definition) is 3. The van der Waals surface area contributed by atoms with Crippen molar-refractivity contribution in [2.45, 2.75) is 70.6 Å². The van der Waals surface area contributed by atoms with Gasteiger partial charge >= 0.3 is 0 Å². The highest BCUT2D eigenvalue weighted by molar-refractivity contribution is 5.81. The van der Waals surface area contributed by atoms with Gasteiger partial charge < -0.3 is 4.74 Å². The topological polar surface area (TPSA) is 50.1 Å². The van der Waals surface area contributed by atoms with Crippen molar-refractivity contribution in [1.82, 2.24) is 0 Å². The van der Waals surface area contributed by atoms with Gasteiger partial charge in [0.2, 0.25) is 0 Å². The number of halogens is 6. The van der Waals surface area contributed by atoms with E-state index >= 15 is 8.78 Å². The van der Waals surface area contributed by atoms with Gasteiger partial charge in [0, 0.05) is 31.2 Å². The molecule has 0 aliphatic heterocycles. The maximum Gasteiger partial charge on any atom is 0.144 e. The molecule has 0 unspecified atom stereocenters. The van der Waals surface area contributed by atoms with E-state index in [0.717, 1.165) is 69.2 Å². The third-order valence-electron chi connectivity index (χ3n) is 9.19. The molecule has 0 bridgehead atoms. The Balaban J connectivity index is 0.968. The lowest BCUT2D eigenvalue weighted by molar-refractivity contribution is -0.118. The molecule has 1 aliphatic carbocycles. The van der Waals surface area contributed by atoms with Crippen LogP contribution in [0.2, 0.25) is 0 Å². The molecule has 4 aromatic carbocycles. The van der Waals surface area contributed by atoms with Crippen molar-refractivity contribution >= 4 is 11.4 Å². The highest BCUT2D eigenvalue weighted by Crippen LogP contribution is 2.35. The van der Waals surface area contributed by atoms with Gasteiger partial charge in [-0.2, -0.15) is 5.26 Å². The maximum absolute atomic E-state index is 15.1. The Morgan fingerprint density at radius 2 is 1.31 bits per heavy atom. The first kappa shape index (κ1) is 39.6. The third-order valence-corrected chi connectivity index (χ3v) is 9.19. The standard InChI is InChI=1S/C45H39F6NO2/c1-29(9-7-5-3-2-4-6-8-10-36(53)23-30-11-21-38(41(48)24-30)32-12-17-35(46)18-13-32)54-37-19-14-31(15-20-37)34-26-43(50)45(44(51)27-34)33-16-22-40(47)39(28-52)42(49)25-33/h11-21,24-27H,1-10,22-23H2. The number of nitriles is 1. The second-order valence-corrected chi connectivity index (χ2v) is 13.2. The zero-order chi connectivity index (χ0) is 38.6. The van der Waals surface area contributed by atoms with Crippen molar-refractivity contribution < 1.29 is 35.9 Å². The highest BCUT2D eigenvalue weighted by atomic mass is 19.2. The fourth-order valence-electron chi connectivity index (χ4n) is 6.31. The molecule has 5 rings (SSSR count). The SMILES string of the molecule is C=C(CCCCCCCCCC(=O)Cc1ccc(-c2ccc(F)cc2)c(F)c1)Oc1ccc(-c2cc(F)c(C3=CCC(F)=C(C#N)C(F)=C3)c(F)c2)cc1. The van der Waals surface area contributed by atoms with Crippen LogP contribution in [0.5, 0.6) is 5.75 Å². The number of Topliss-reactive ketones (excluding diaryl/α,β-unsaturated/α-hetero) is 1. The van der Waals surface area contributed by atoms with E-state index in [2.05, 4.69) is 6.58 Å². The minimum Gasteiger partial charge on any atom is -0.462 e. The number of rotatable bonds is 17. The highest BCUT2D eigenvalue weighted by Gasteiger charge is 2.21. The maximum atomic E-state index is 15.1. The van der Waals surface area contributed by atoms with E-state index in [1.165, 1.54) is 36.4 Å². The third kappa shape index (κ3) is 10.7. The summed E-state index contributed by atoms with van der Waals surface area (Å²) >= 11 is 0. The number of carbonyl (C=O) groups is 1. The van der Waals surface area contributed by atoms with Crippen LogP contribution >= 0.6 is 0 Å². The molecule has 0 amide bonds. The van der Waals surface area contributed by atoms with E-state index in [1.807, 2.05) is 0 Å². The molecular weight excluding hydrogens is 700 g/mol. The molecule has 0 radical (unpaired) electrons. The first-order valence-electron chi connectivity index (χ1n) is 17.9. The van der Waals surface area contributed by atoms with Crippen LogP contribution in [0.3, 0.4) is 0 Å². The number of benzene rings is 4. The minimum atomic E-state index is -1.20. The second-order valence-electron chi connectivity index (χ2n) is 13.2. The van der Waals surface area contributed by atoms with Gasteiger partial charge in [0.1, 0.15) is 58.1 Å². The van der Waals surface area contributed by atoms with Crippen molar-refractivity contribution in [3.63, 3.8) is 0 Å². The molecule has 1 aliphatic rings. The fraction of sp³-hybridized carbons (Fsp3) is 0.244. The first-order chi connectivity index (χ1) is 26.0. The average Bonchev–Trinajstić information content (AvgIpc) is 3.27. The van der Waals surface area contributed by atoms with E-state index < -0.39 is 46.7 Å². The van der Waals surface area contributed by atoms with E-state index in [4.69, 9.17) is 10.00 Å². The predicted octanol–water partition coefficient (Wildman–Crippen LogP) is 13.2. The number of ether oxygens (including phenoxy) is 1. The molecule has 0 N–H and O–H groups in total. The summed E-state index contributed by atoms with van der Waals surface area (Å²) in [7, 11) is 0. The molecule has 3 nitrogen and oxygen atoms in total. The second kappa shape index (κ2) is 18.9. The fourth-order valence-corrected chi connectivity index (χ4v) is 6.31. The zero-order valence-corrected chi connectivity index (χ0v) is 29.7. The number of ketones is 1. The van der Waals surface area contributed by atoms with Gasteiger partial charge in [0.05, 0.1) is 11.3 Å². The predicted molar refractivity (Wildman–Crippen MR) is 199 cm³/mol. The van der Waals surface area contributed by atoms with Crippen molar-refractivity contribution in [1.29, 1.82) is 5.26 Å². The molecule has 9 heteroatoms. The number of nitrogens with zero attached hydrogens (tertiary/aromatic N) is 1. The van der Waals surface area contributed by atoms with Gasteiger partial charge in [0.15, 0.2) is 0 Å². The number of hydrogen-bond donors (Lipinski definition) is 0. The van der Waals surface area contributed by atoms with Gasteiger partial charge in [0.25, 0.3) is 0 Å². The number of carbonyl (C=O) groups excluding carboxylic acids is 1. The summed E-state index contributed by atoms with van der Waals surface area (Å²) in [4.78, 5) is 12.5. The Kier molecular flexibility index (Phi) is 13.9. The van der Waals surface area contributed by atoms with Crippen molar-refractivity contribution in [2.24, 2.45) is 0 Å². The van der Waals surface area contributed by atoms with Crippen LogP contribution in [-0.4, -0.2) is 5.78 Å². The Morgan fingerprint density at radius 3 is 1.94 bits per heavy atom. The van der Waals surface area contributed by atoms with Crippen LogP contribution in [0.1, 0.15) is 75.3 Å². The van der Waals surface area contributed by atoms with Crippen LogP contribution in [0.4, 0.5) is 26.3 Å². The lowest BCUT2D eigenvalue weighted by Crippen LogP contribution is -2.03. The average molecular weight is 740 g/mol. The molecule has 0 saturated heterocycles. The summed E-state index contributed by atoms with van der Waals surface area (Å²) in [6.45, 7) is 4.00. The molecule has 4 aromatic rings. The van der Waals surface area contributed by atoms with Crippen molar-refractivity contribution in [3.8, 4) is 34.1 Å². The van der Waals surface area contributed by atoms with Crippen LogP contribution in [0.15, 0.2) is 121 Å². The van der Waals surface area contributed by atoms with E-state index in [0.29, 0.717) is 46.6 Å². The molecule has 278 valence electrons. The summed E-state index contributed by atoms with van der Waals surface area (Å²) in [6.07, 6.45) is 9.46. The Hall–Kier alpha value is -5.62. The summed E-state index contributed by atoms with van der Waals surface area (Å²) in [6, 6.07) is 20.7. The lowest BCUT2D eigenvalue weighted by Gasteiger charge is -2.11. The minimum absolute atomic E-state index is 0.0727. The normalized spacial score (nSPS) is 12.8. The summed E-state index contributed by atoms with van der Waals surface area (Å²) < 4.78 is 92.2. The van der Waals surface area contributed by atoms with Gasteiger partial charge in [-0.15, -0.1) is 0 Å². The van der Waals surface area contributed by atoms with Crippen molar-refractivity contribution in [3.05, 3.63) is 155 Å². The van der Waals surface area contributed by atoms with E-state index in [1.54, 1.807) is 36.4 Å². The molecular formula is C45H39F6NO2. The molecule has 0 atom stereocenters. The van der Waals surface area contributed by atoms with Crippen molar-refractivity contribution in [2.75, 3.05) is 0 Å². The summed E-state index contributed by atoms with van der Waals surface area (Å²) in [5, 5.41) is 8.98. The zero-order valence-electron chi connectivity index (χ0n) is 29.7. The number of unbranched alkanes of at least 4 members (excludes halogenated alkanes) is 6. The molecule has 0 spiro atoms. The van der Waals surface area contributed by atoms with Gasteiger partial charge in [-0.1, -0.05) is 81.2 Å². The Labute approximate surface area is 311 Å². The van der Waals surface area contributed by atoms with Crippen LogP contribution in [0.25, 0.3) is 27.8 Å². The molecule has 0 fully saturated rings. The van der Waals surface area contributed by atoms with Gasteiger partial charge in [-0.3, -0.25) is 4.79 Å².